The van der Waals surface area contributed by atoms with Gasteiger partial charge in [-0.1, -0.05) is 11.6 Å². The summed E-state index contributed by atoms with van der Waals surface area (Å²) in [6, 6.07) is 6.07. The Morgan fingerprint density at radius 1 is 1.21 bits per heavy atom. The van der Waals surface area contributed by atoms with Gasteiger partial charge in [-0.05, 0) is 31.2 Å². The summed E-state index contributed by atoms with van der Waals surface area (Å²) in [5.41, 5.74) is 5.07. The Hall–Kier alpha value is -1.79. The van der Waals surface area contributed by atoms with Gasteiger partial charge in [0.15, 0.2) is 0 Å². The van der Waals surface area contributed by atoms with Crippen LogP contribution in [0.4, 0.5) is 10.5 Å². The number of ether oxygens (including phenoxy) is 1. The van der Waals surface area contributed by atoms with Gasteiger partial charge in [0.05, 0.1) is 13.0 Å². The van der Waals surface area contributed by atoms with Crippen molar-refractivity contribution < 1.29 is 14.3 Å². The van der Waals surface area contributed by atoms with Gasteiger partial charge >= 0.3 is 6.03 Å². The standard InChI is InChI=1S/C12H16ClN3O3/c1-2-19-8-7-11(17)15-16-12(18)14-10-5-3-9(13)4-6-10/h3-6H,2,7-8H2,1H3,(H,15,17)(H2,14,16,18). The predicted octanol–water partition coefficient (Wildman–Crippen LogP) is 1.92. The van der Waals surface area contributed by atoms with Gasteiger partial charge in [-0.3, -0.25) is 10.2 Å². The summed E-state index contributed by atoms with van der Waals surface area (Å²) in [7, 11) is 0. The maximum atomic E-state index is 11.4. The minimum atomic E-state index is -0.535. The number of nitrogens with one attached hydrogen (secondary N) is 3. The van der Waals surface area contributed by atoms with E-state index in [9.17, 15) is 9.59 Å². The van der Waals surface area contributed by atoms with Crippen molar-refractivity contribution in [2.24, 2.45) is 0 Å². The first-order valence-electron chi connectivity index (χ1n) is 5.81. The number of anilines is 1. The first kappa shape index (κ1) is 15.3. The second-order valence-electron chi connectivity index (χ2n) is 3.58. The van der Waals surface area contributed by atoms with Crippen LogP contribution in [0.2, 0.25) is 5.02 Å². The highest BCUT2D eigenvalue weighted by Crippen LogP contribution is 2.12. The summed E-state index contributed by atoms with van der Waals surface area (Å²) in [5, 5.41) is 3.12. The second kappa shape index (κ2) is 8.34. The second-order valence-corrected chi connectivity index (χ2v) is 4.02. The molecule has 0 fully saturated rings. The molecule has 0 heterocycles. The monoisotopic (exact) mass is 285 g/mol. The molecule has 3 N–H and O–H groups in total. The first-order chi connectivity index (χ1) is 9.11. The largest absolute Gasteiger partial charge is 0.381 e. The molecule has 0 aliphatic heterocycles. The van der Waals surface area contributed by atoms with Crippen LogP contribution in [0.3, 0.4) is 0 Å². The van der Waals surface area contributed by atoms with Crippen LogP contribution in [0, 0.1) is 0 Å². The average molecular weight is 286 g/mol. The van der Waals surface area contributed by atoms with Crippen molar-refractivity contribution in [1.82, 2.24) is 10.9 Å². The van der Waals surface area contributed by atoms with E-state index in [-0.39, 0.29) is 12.3 Å². The quantitative estimate of drug-likeness (QED) is 0.571. The van der Waals surface area contributed by atoms with Crippen molar-refractivity contribution in [3.63, 3.8) is 0 Å². The summed E-state index contributed by atoms with van der Waals surface area (Å²) in [4.78, 5) is 22.7. The number of hydrazine groups is 1. The number of hydrogen-bond acceptors (Lipinski definition) is 3. The summed E-state index contributed by atoms with van der Waals surface area (Å²) < 4.78 is 5.02. The van der Waals surface area contributed by atoms with Crippen LogP contribution in [-0.2, 0) is 9.53 Å². The Morgan fingerprint density at radius 2 is 1.89 bits per heavy atom. The zero-order chi connectivity index (χ0) is 14.1. The van der Waals surface area contributed by atoms with Gasteiger partial charge in [-0.2, -0.15) is 0 Å². The van der Waals surface area contributed by atoms with Gasteiger partial charge in [-0.25, -0.2) is 10.2 Å². The highest BCUT2D eigenvalue weighted by molar-refractivity contribution is 6.30. The Balaban J connectivity index is 2.24. The molecule has 104 valence electrons. The van der Waals surface area contributed by atoms with Gasteiger partial charge in [0.1, 0.15) is 0 Å². The lowest BCUT2D eigenvalue weighted by Gasteiger charge is -2.09. The maximum absolute atomic E-state index is 11.4. The maximum Gasteiger partial charge on any atom is 0.337 e. The molecule has 0 spiro atoms. The van der Waals surface area contributed by atoms with E-state index in [4.69, 9.17) is 16.3 Å². The SMILES string of the molecule is CCOCCC(=O)NNC(=O)Nc1ccc(Cl)cc1. The molecule has 3 amide bonds. The Kier molecular flexibility index (Phi) is 6.70. The van der Waals surface area contributed by atoms with Crippen molar-refractivity contribution in [3.8, 4) is 0 Å². The number of rotatable bonds is 5. The molecule has 1 aromatic rings. The van der Waals surface area contributed by atoms with Crippen LogP contribution in [-0.4, -0.2) is 25.2 Å². The van der Waals surface area contributed by atoms with Gasteiger partial charge in [0.25, 0.3) is 0 Å². The van der Waals surface area contributed by atoms with E-state index in [1.165, 1.54) is 0 Å². The smallest absolute Gasteiger partial charge is 0.337 e. The van der Waals surface area contributed by atoms with Gasteiger partial charge in [0.2, 0.25) is 5.91 Å². The normalized spacial score (nSPS) is 9.79. The van der Waals surface area contributed by atoms with Crippen molar-refractivity contribution in [1.29, 1.82) is 0 Å². The number of urea groups is 1. The number of halogens is 1. The van der Waals surface area contributed by atoms with Crippen LogP contribution in [0.15, 0.2) is 24.3 Å². The summed E-state index contributed by atoms with van der Waals surface area (Å²) >= 11 is 5.71. The zero-order valence-corrected chi connectivity index (χ0v) is 11.3. The van der Waals surface area contributed by atoms with E-state index in [1.54, 1.807) is 24.3 Å². The lowest BCUT2D eigenvalue weighted by molar-refractivity contribution is -0.122. The van der Waals surface area contributed by atoms with E-state index in [0.717, 1.165) is 0 Å². The number of carbonyl (C=O) groups excluding carboxylic acids is 2. The molecule has 0 atom stereocenters. The van der Waals surface area contributed by atoms with Crippen molar-refractivity contribution in [3.05, 3.63) is 29.3 Å². The molecule has 0 aliphatic rings. The molecule has 0 radical (unpaired) electrons. The van der Waals surface area contributed by atoms with Crippen molar-refractivity contribution in [2.45, 2.75) is 13.3 Å². The third kappa shape index (κ3) is 6.64. The molecule has 6 nitrogen and oxygen atoms in total. The number of carbonyl (C=O) groups is 2. The molecule has 19 heavy (non-hydrogen) atoms. The molecule has 1 rings (SSSR count). The van der Waals surface area contributed by atoms with E-state index < -0.39 is 6.03 Å². The average Bonchev–Trinajstić information content (AvgIpc) is 2.39. The van der Waals surface area contributed by atoms with E-state index in [1.807, 2.05) is 6.92 Å². The number of hydrogen-bond donors (Lipinski definition) is 3. The third-order valence-corrected chi connectivity index (χ3v) is 2.35. The molecular weight excluding hydrogens is 270 g/mol. The first-order valence-corrected chi connectivity index (χ1v) is 6.18. The lowest BCUT2D eigenvalue weighted by Crippen LogP contribution is -2.44. The molecule has 1 aromatic carbocycles. The summed E-state index contributed by atoms with van der Waals surface area (Å²) in [5.74, 6) is -0.320. The molecule has 0 aliphatic carbocycles. The minimum Gasteiger partial charge on any atom is -0.381 e. The van der Waals surface area contributed by atoms with Gasteiger partial charge in [0, 0.05) is 17.3 Å². The molecule has 0 bridgehead atoms. The van der Waals surface area contributed by atoms with Crippen molar-refractivity contribution >= 4 is 29.2 Å². The number of amides is 3. The Morgan fingerprint density at radius 3 is 2.53 bits per heavy atom. The molecule has 0 unspecified atom stereocenters. The molecule has 0 aromatic heterocycles. The van der Waals surface area contributed by atoms with Crippen LogP contribution >= 0.6 is 11.6 Å². The van der Waals surface area contributed by atoms with E-state index in [0.29, 0.717) is 23.9 Å². The third-order valence-electron chi connectivity index (χ3n) is 2.10. The summed E-state index contributed by atoms with van der Waals surface area (Å²) in [6.07, 6.45) is 0.190. The van der Waals surface area contributed by atoms with Crippen LogP contribution in [0.25, 0.3) is 0 Å². The van der Waals surface area contributed by atoms with Crippen LogP contribution in [0.5, 0.6) is 0 Å². The highest BCUT2D eigenvalue weighted by Gasteiger charge is 2.04. The topological polar surface area (TPSA) is 79.5 Å². The van der Waals surface area contributed by atoms with Crippen LogP contribution < -0.4 is 16.2 Å². The predicted molar refractivity (Wildman–Crippen MR) is 72.9 cm³/mol. The minimum absolute atomic E-state index is 0.190. The van der Waals surface area contributed by atoms with Gasteiger partial charge in [-0.15, -0.1) is 0 Å². The zero-order valence-electron chi connectivity index (χ0n) is 10.5. The molecule has 0 saturated carbocycles. The Bertz CT molecular complexity index is 423. The van der Waals surface area contributed by atoms with E-state index in [2.05, 4.69) is 16.2 Å². The Labute approximate surface area is 116 Å². The highest BCUT2D eigenvalue weighted by atomic mass is 35.5. The molecule has 0 saturated heterocycles. The van der Waals surface area contributed by atoms with Gasteiger partial charge < -0.3 is 10.1 Å². The van der Waals surface area contributed by atoms with Crippen LogP contribution in [0.1, 0.15) is 13.3 Å². The van der Waals surface area contributed by atoms with Crippen molar-refractivity contribution in [2.75, 3.05) is 18.5 Å². The van der Waals surface area contributed by atoms with E-state index >= 15 is 0 Å². The fourth-order valence-electron chi connectivity index (χ4n) is 1.19. The molecule has 7 heteroatoms. The fraction of sp³-hybridized carbons (Fsp3) is 0.333. The lowest BCUT2D eigenvalue weighted by atomic mass is 10.3. The summed E-state index contributed by atoms with van der Waals surface area (Å²) in [6.45, 7) is 2.72. The fourth-order valence-corrected chi connectivity index (χ4v) is 1.32. The molecular formula is C12H16ClN3O3. The number of benzene rings is 1.